The fourth-order valence-electron chi connectivity index (χ4n) is 2.76. The van der Waals surface area contributed by atoms with Crippen LogP contribution in [0, 0.1) is 6.92 Å². The van der Waals surface area contributed by atoms with E-state index in [0.717, 1.165) is 16.1 Å². The number of hydrogen-bond acceptors (Lipinski definition) is 5. The van der Waals surface area contributed by atoms with E-state index in [1.807, 2.05) is 6.92 Å². The standard InChI is InChI=1S/C19H23ClN2O5S/c1-6-22(28(5,24)25)16-11-18(27-4)17(26-3)10-14(16)19(23)21-15-9-13(20)8-7-12(15)2/h7-11H,6H2,1-5H3,(H,21,23). The summed E-state index contributed by atoms with van der Waals surface area (Å²) in [4.78, 5) is 13.0. The minimum absolute atomic E-state index is 0.129. The molecule has 7 nitrogen and oxygen atoms in total. The first-order valence-electron chi connectivity index (χ1n) is 8.43. The maximum atomic E-state index is 13.0. The van der Waals surface area contributed by atoms with Crippen molar-refractivity contribution in [2.75, 3.05) is 36.6 Å². The van der Waals surface area contributed by atoms with Crippen molar-refractivity contribution >= 4 is 38.9 Å². The fraction of sp³-hybridized carbons (Fsp3) is 0.316. The van der Waals surface area contributed by atoms with Crippen LogP contribution in [0.5, 0.6) is 11.5 Å². The molecule has 0 saturated heterocycles. The molecule has 0 aliphatic rings. The van der Waals surface area contributed by atoms with Gasteiger partial charge in [-0.3, -0.25) is 9.10 Å². The monoisotopic (exact) mass is 426 g/mol. The number of nitrogens with zero attached hydrogens (tertiary/aromatic N) is 1. The van der Waals surface area contributed by atoms with Crippen LogP contribution in [0.1, 0.15) is 22.8 Å². The number of carbonyl (C=O) groups excluding carboxylic acids is 1. The van der Waals surface area contributed by atoms with Crippen molar-refractivity contribution in [2.45, 2.75) is 13.8 Å². The Morgan fingerprint density at radius 1 is 1.14 bits per heavy atom. The molecule has 0 unspecified atom stereocenters. The average molecular weight is 427 g/mol. The number of halogens is 1. The number of ether oxygens (including phenoxy) is 2. The summed E-state index contributed by atoms with van der Waals surface area (Å²) in [6.07, 6.45) is 1.08. The van der Waals surface area contributed by atoms with Gasteiger partial charge >= 0.3 is 0 Å². The van der Waals surface area contributed by atoms with Gasteiger partial charge in [0.2, 0.25) is 10.0 Å². The Morgan fingerprint density at radius 3 is 2.29 bits per heavy atom. The second-order valence-electron chi connectivity index (χ2n) is 6.07. The van der Waals surface area contributed by atoms with E-state index in [-0.39, 0.29) is 17.8 Å². The number of amides is 1. The third-order valence-electron chi connectivity index (χ3n) is 4.15. The van der Waals surface area contributed by atoms with E-state index >= 15 is 0 Å². The number of aryl methyl sites for hydroxylation is 1. The van der Waals surface area contributed by atoms with Crippen LogP contribution in [0.4, 0.5) is 11.4 Å². The van der Waals surface area contributed by atoms with E-state index in [0.29, 0.717) is 22.2 Å². The van der Waals surface area contributed by atoms with E-state index in [4.69, 9.17) is 21.1 Å². The van der Waals surface area contributed by atoms with E-state index < -0.39 is 15.9 Å². The summed E-state index contributed by atoms with van der Waals surface area (Å²) in [6, 6.07) is 8.06. The van der Waals surface area contributed by atoms with Gasteiger partial charge in [-0.1, -0.05) is 17.7 Å². The number of hydrogen-bond donors (Lipinski definition) is 1. The summed E-state index contributed by atoms with van der Waals surface area (Å²) in [5, 5.41) is 3.26. The first-order chi connectivity index (χ1) is 13.1. The molecule has 9 heteroatoms. The topological polar surface area (TPSA) is 84.9 Å². The fourth-order valence-corrected chi connectivity index (χ4v) is 3.91. The first kappa shape index (κ1) is 21.8. The van der Waals surface area contributed by atoms with E-state index in [1.54, 1.807) is 25.1 Å². The lowest BCUT2D eigenvalue weighted by Gasteiger charge is -2.24. The van der Waals surface area contributed by atoms with Crippen LogP contribution in [0.25, 0.3) is 0 Å². The third kappa shape index (κ3) is 4.69. The molecule has 0 fully saturated rings. The number of carbonyl (C=O) groups is 1. The Kier molecular flexibility index (Phi) is 6.79. The normalized spacial score (nSPS) is 11.1. The summed E-state index contributed by atoms with van der Waals surface area (Å²) in [7, 11) is -0.744. The van der Waals surface area contributed by atoms with Crippen LogP contribution in [0.3, 0.4) is 0 Å². The van der Waals surface area contributed by atoms with E-state index in [9.17, 15) is 13.2 Å². The Morgan fingerprint density at radius 2 is 1.75 bits per heavy atom. The van der Waals surface area contributed by atoms with E-state index in [2.05, 4.69) is 5.32 Å². The molecule has 0 aliphatic heterocycles. The van der Waals surface area contributed by atoms with Gasteiger partial charge in [-0.05, 0) is 37.6 Å². The van der Waals surface area contributed by atoms with Crippen LogP contribution < -0.4 is 19.1 Å². The highest BCUT2D eigenvalue weighted by atomic mass is 35.5. The molecule has 0 atom stereocenters. The molecule has 2 aromatic rings. The van der Waals surface area contributed by atoms with Crippen molar-refractivity contribution < 1.29 is 22.7 Å². The lowest BCUT2D eigenvalue weighted by molar-refractivity contribution is 0.102. The number of nitrogens with one attached hydrogen (secondary N) is 1. The highest BCUT2D eigenvalue weighted by molar-refractivity contribution is 7.92. The third-order valence-corrected chi connectivity index (χ3v) is 5.64. The molecule has 1 amide bonds. The Bertz CT molecular complexity index is 992. The van der Waals surface area contributed by atoms with Crippen molar-refractivity contribution in [3.8, 4) is 11.5 Å². The molecular formula is C19H23ClN2O5S. The first-order valence-corrected chi connectivity index (χ1v) is 10.7. The zero-order valence-corrected chi connectivity index (χ0v) is 17.9. The Labute approximate surface area is 170 Å². The lowest BCUT2D eigenvalue weighted by atomic mass is 10.1. The number of anilines is 2. The zero-order chi connectivity index (χ0) is 21.1. The minimum Gasteiger partial charge on any atom is -0.493 e. The quantitative estimate of drug-likeness (QED) is 0.729. The molecule has 28 heavy (non-hydrogen) atoms. The van der Waals surface area contributed by atoms with Crippen LogP contribution >= 0.6 is 11.6 Å². The zero-order valence-electron chi connectivity index (χ0n) is 16.4. The van der Waals surface area contributed by atoms with Crippen molar-refractivity contribution in [1.82, 2.24) is 0 Å². The molecule has 0 radical (unpaired) electrons. The summed E-state index contributed by atoms with van der Waals surface area (Å²) < 4.78 is 36.2. The molecule has 0 aromatic heterocycles. The SMILES string of the molecule is CCN(c1cc(OC)c(OC)cc1C(=O)Nc1cc(Cl)ccc1C)S(C)(=O)=O. The smallest absolute Gasteiger partial charge is 0.257 e. The van der Waals surface area contributed by atoms with Gasteiger partial charge in [0.1, 0.15) is 0 Å². The van der Waals surface area contributed by atoms with Crippen molar-refractivity contribution in [3.63, 3.8) is 0 Å². The van der Waals surface area contributed by atoms with Crippen LogP contribution in [-0.4, -0.2) is 41.3 Å². The summed E-state index contributed by atoms with van der Waals surface area (Å²) in [6.45, 7) is 3.65. The summed E-state index contributed by atoms with van der Waals surface area (Å²) in [5.41, 5.74) is 1.67. The number of benzene rings is 2. The molecule has 0 bridgehead atoms. The molecule has 2 aromatic carbocycles. The molecule has 0 heterocycles. The highest BCUT2D eigenvalue weighted by Gasteiger charge is 2.25. The van der Waals surface area contributed by atoms with Crippen LogP contribution in [0.2, 0.25) is 5.02 Å². The average Bonchev–Trinajstić information content (AvgIpc) is 2.63. The lowest BCUT2D eigenvalue weighted by Crippen LogP contribution is -2.31. The molecule has 0 saturated carbocycles. The second kappa shape index (κ2) is 8.70. The number of sulfonamides is 1. The largest absolute Gasteiger partial charge is 0.493 e. The molecular weight excluding hydrogens is 404 g/mol. The van der Waals surface area contributed by atoms with Gasteiger partial charge < -0.3 is 14.8 Å². The van der Waals surface area contributed by atoms with Gasteiger partial charge in [0.05, 0.1) is 31.7 Å². The predicted octanol–water partition coefficient (Wildman–Crippen LogP) is 3.70. The molecule has 2 rings (SSSR count). The Balaban J connectivity index is 2.62. The van der Waals surface area contributed by atoms with Gasteiger partial charge in [0.15, 0.2) is 11.5 Å². The van der Waals surface area contributed by atoms with Gasteiger partial charge in [-0.2, -0.15) is 0 Å². The molecule has 152 valence electrons. The Hall–Kier alpha value is -2.45. The van der Waals surface area contributed by atoms with Gasteiger partial charge in [0, 0.05) is 23.3 Å². The maximum Gasteiger partial charge on any atom is 0.257 e. The minimum atomic E-state index is -3.62. The predicted molar refractivity (Wildman–Crippen MR) is 112 cm³/mol. The number of rotatable bonds is 7. The molecule has 1 N–H and O–H groups in total. The van der Waals surface area contributed by atoms with E-state index in [1.165, 1.54) is 26.4 Å². The summed E-state index contributed by atoms with van der Waals surface area (Å²) >= 11 is 6.02. The van der Waals surface area contributed by atoms with Crippen molar-refractivity contribution in [1.29, 1.82) is 0 Å². The maximum absolute atomic E-state index is 13.0. The summed E-state index contributed by atoms with van der Waals surface area (Å²) in [5.74, 6) is 0.127. The molecule has 0 aliphatic carbocycles. The van der Waals surface area contributed by atoms with Crippen molar-refractivity contribution in [2.24, 2.45) is 0 Å². The highest BCUT2D eigenvalue weighted by Crippen LogP contribution is 2.36. The second-order valence-corrected chi connectivity index (χ2v) is 8.41. The number of methoxy groups -OCH3 is 2. The van der Waals surface area contributed by atoms with Crippen LogP contribution in [0.15, 0.2) is 30.3 Å². The molecule has 0 spiro atoms. The van der Waals surface area contributed by atoms with Gasteiger partial charge in [-0.25, -0.2) is 8.42 Å². The van der Waals surface area contributed by atoms with Crippen LogP contribution in [-0.2, 0) is 10.0 Å². The van der Waals surface area contributed by atoms with Crippen molar-refractivity contribution in [3.05, 3.63) is 46.5 Å². The van der Waals surface area contributed by atoms with Gasteiger partial charge in [0.25, 0.3) is 5.91 Å². The van der Waals surface area contributed by atoms with Gasteiger partial charge in [-0.15, -0.1) is 0 Å².